The number of ether oxygens (including phenoxy) is 2. The summed E-state index contributed by atoms with van der Waals surface area (Å²) in [5, 5.41) is 14.8. The summed E-state index contributed by atoms with van der Waals surface area (Å²) < 4.78 is 24.6. The van der Waals surface area contributed by atoms with Crippen LogP contribution in [0.25, 0.3) is 0 Å². The molecule has 0 bridgehead atoms. The lowest BCUT2D eigenvalue weighted by Crippen LogP contribution is -2.48. The highest BCUT2D eigenvalue weighted by atomic mass is 19.1. The first-order valence-corrected chi connectivity index (χ1v) is 16.2. The number of carbonyl (C=O) groups is 4. The highest BCUT2D eigenvalue weighted by Gasteiger charge is 2.34. The zero-order chi connectivity index (χ0) is 34.5. The second-order valence-electron chi connectivity index (χ2n) is 12.8. The maximum Gasteiger partial charge on any atom is 0.414 e. The second-order valence-corrected chi connectivity index (χ2v) is 12.8. The van der Waals surface area contributed by atoms with E-state index in [1.54, 1.807) is 12.1 Å². The van der Waals surface area contributed by atoms with Crippen molar-refractivity contribution in [2.45, 2.75) is 72.0 Å². The fourth-order valence-electron chi connectivity index (χ4n) is 5.64. The van der Waals surface area contributed by atoms with Crippen molar-refractivity contribution >= 4 is 23.9 Å². The smallest absolute Gasteiger partial charge is 0.414 e. The van der Waals surface area contributed by atoms with Crippen LogP contribution in [0.1, 0.15) is 58.1 Å². The summed E-state index contributed by atoms with van der Waals surface area (Å²) in [6.45, 7) is 13.5. The number of hydrogen-bond acceptors (Lipinski definition) is 7. The third-order valence-electron chi connectivity index (χ3n) is 8.28. The molecule has 47 heavy (non-hydrogen) atoms. The first-order chi connectivity index (χ1) is 22.3. The molecule has 2 saturated heterocycles. The summed E-state index contributed by atoms with van der Waals surface area (Å²) >= 11 is 0. The number of hydrogen-bond donors (Lipinski definition) is 2. The zero-order valence-electron chi connectivity index (χ0n) is 27.8. The summed E-state index contributed by atoms with van der Waals surface area (Å²) in [6.07, 6.45) is 2.78. The van der Waals surface area contributed by atoms with Gasteiger partial charge in [0, 0.05) is 32.2 Å². The van der Waals surface area contributed by atoms with Crippen LogP contribution in [0.3, 0.4) is 0 Å². The second kappa shape index (κ2) is 18.2. The molecule has 4 rings (SSSR count). The van der Waals surface area contributed by atoms with Gasteiger partial charge in [-0.05, 0) is 73.0 Å². The Morgan fingerprint density at radius 3 is 2.09 bits per heavy atom. The van der Waals surface area contributed by atoms with Gasteiger partial charge in [0.05, 0.1) is 19.1 Å². The van der Waals surface area contributed by atoms with Gasteiger partial charge in [-0.2, -0.15) is 0 Å². The average Bonchev–Trinajstić information content (AvgIpc) is 3.41. The third kappa shape index (κ3) is 12.2. The van der Waals surface area contributed by atoms with Gasteiger partial charge in [0.1, 0.15) is 18.2 Å². The Hall–Kier alpha value is -4.19. The number of benzene rings is 2. The van der Waals surface area contributed by atoms with Crippen LogP contribution >= 0.6 is 0 Å². The number of halogens is 1. The largest absolute Gasteiger partial charge is 0.493 e. The number of carboxylic acids is 2. The molecule has 2 aliphatic rings. The van der Waals surface area contributed by atoms with Crippen molar-refractivity contribution < 1.29 is 43.3 Å². The standard InChI is InChI=1S/C33H46FN3O4.C2H2O4/c1-24(2)22-40-30-12-8-26(9-13-30)20-32(38)37(21-27-6-10-28(34)11-7-27)29-14-18-35(19-15-29)16-5-17-36-31(25(3)4)23-41-33(36)39;3-1(4)2(5)6/h6-13,24-25,29,31H,5,14-23H2,1-4H3;(H,3,4)(H,5,6)/t31-;/m1./s1. The van der Waals surface area contributed by atoms with Gasteiger partial charge >= 0.3 is 18.0 Å². The van der Waals surface area contributed by atoms with Gasteiger partial charge in [0.25, 0.3) is 0 Å². The van der Waals surface area contributed by atoms with Gasteiger partial charge in [-0.1, -0.05) is 52.0 Å². The highest BCUT2D eigenvalue weighted by Crippen LogP contribution is 2.23. The van der Waals surface area contributed by atoms with E-state index in [0.717, 1.165) is 55.8 Å². The van der Waals surface area contributed by atoms with Crippen LogP contribution in [0.5, 0.6) is 5.75 Å². The minimum atomic E-state index is -1.82. The quantitative estimate of drug-likeness (QED) is 0.288. The van der Waals surface area contributed by atoms with Crippen LogP contribution in [0.2, 0.25) is 0 Å². The lowest BCUT2D eigenvalue weighted by Gasteiger charge is -2.39. The Morgan fingerprint density at radius 1 is 0.936 bits per heavy atom. The van der Waals surface area contributed by atoms with Gasteiger partial charge < -0.3 is 34.4 Å². The van der Waals surface area contributed by atoms with Crippen LogP contribution in [0.4, 0.5) is 9.18 Å². The number of piperidine rings is 1. The minimum absolute atomic E-state index is 0.0795. The molecule has 0 spiro atoms. The highest BCUT2D eigenvalue weighted by molar-refractivity contribution is 6.27. The zero-order valence-corrected chi connectivity index (χ0v) is 27.8. The van der Waals surface area contributed by atoms with Crippen molar-refractivity contribution in [2.75, 3.05) is 39.4 Å². The van der Waals surface area contributed by atoms with Crippen molar-refractivity contribution in [2.24, 2.45) is 11.8 Å². The predicted octanol–water partition coefficient (Wildman–Crippen LogP) is 4.92. The summed E-state index contributed by atoms with van der Waals surface area (Å²) in [6, 6.07) is 14.5. The number of aliphatic carboxylic acids is 2. The molecule has 0 unspecified atom stereocenters. The summed E-state index contributed by atoms with van der Waals surface area (Å²) in [5.74, 6) is -2.21. The van der Waals surface area contributed by atoms with Gasteiger partial charge in [0.15, 0.2) is 0 Å². The molecular weight excluding hydrogens is 609 g/mol. The van der Waals surface area contributed by atoms with E-state index in [9.17, 15) is 14.0 Å². The van der Waals surface area contributed by atoms with E-state index in [1.165, 1.54) is 12.1 Å². The SMILES string of the molecule is CC(C)COc1ccc(CC(=O)N(Cc2ccc(F)cc2)C2CCN(CCCN3C(=O)OC[C@@H]3C(C)C)CC2)cc1.O=C(O)C(=O)O. The Morgan fingerprint density at radius 2 is 1.53 bits per heavy atom. The molecule has 0 radical (unpaired) electrons. The molecule has 0 saturated carbocycles. The molecule has 11 nitrogen and oxygen atoms in total. The first-order valence-electron chi connectivity index (χ1n) is 16.2. The normalized spacial score (nSPS) is 16.9. The lowest BCUT2D eigenvalue weighted by atomic mass is 10.00. The van der Waals surface area contributed by atoms with E-state index in [2.05, 4.69) is 32.6 Å². The lowest BCUT2D eigenvalue weighted by molar-refractivity contribution is -0.159. The molecule has 2 N–H and O–H groups in total. The number of cyclic esters (lactones) is 1. The number of carboxylic acid groups (broad SMARTS) is 2. The summed E-state index contributed by atoms with van der Waals surface area (Å²) in [7, 11) is 0. The van der Waals surface area contributed by atoms with Gasteiger partial charge in [-0.3, -0.25) is 4.79 Å². The van der Waals surface area contributed by atoms with Crippen molar-refractivity contribution in [3.05, 3.63) is 65.5 Å². The Balaban J connectivity index is 0.000000913. The topological polar surface area (TPSA) is 137 Å². The first kappa shape index (κ1) is 37.3. The fraction of sp³-hybridized carbons (Fsp3) is 0.543. The van der Waals surface area contributed by atoms with Gasteiger partial charge in [-0.25, -0.2) is 18.8 Å². The minimum Gasteiger partial charge on any atom is -0.493 e. The molecule has 1 atom stereocenters. The molecule has 2 heterocycles. The van der Waals surface area contributed by atoms with Crippen LogP contribution < -0.4 is 4.74 Å². The maximum absolute atomic E-state index is 13.7. The van der Waals surface area contributed by atoms with Gasteiger partial charge in [-0.15, -0.1) is 0 Å². The van der Waals surface area contributed by atoms with Crippen LogP contribution in [-0.4, -0.2) is 100 Å². The van der Waals surface area contributed by atoms with Crippen molar-refractivity contribution in [1.82, 2.24) is 14.7 Å². The molecule has 2 aromatic carbocycles. The van der Waals surface area contributed by atoms with E-state index in [0.29, 0.717) is 44.6 Å². The number of rotatable bonds is 13. The molecule has 0 aromatic heterocycles. The third-order valence-corrected chi connectivity index (χ3v) is 8.28. The van der Waals surface area contributed by atoms with Crippen LogP contribution in [0.15, 0.2) is 48.5 Å². The fourth-order valence-corrected chi connectivity index (χ4v) is 5.64. The number of amides is 2. The molecule has 2 amide bonds. The van der Waals surface area contributed by atoms with Crippen molar-refractivity contribution in [3.8, 4) is 5.75 Å². The van der Waals surface area contributed by atoms with Crippen LogP contribution in [-0.2, 0) is 32.1 Å². The monoisotopic (exact) mass is 657 g/mol. The average molecular weight is 658 g/mol. The molecule has 258 valence electrons. The Bertz CT molecular complexity index is 1300. The van der Waals surface area contributed by atoms with Crippen LogP contribution in [0, 0.1) is 17.7 Å². The van der Waals surface area contributed by atoms with Crippen molar-refractivity contribution in [1.29, 1.82) is 0 Å². The molecule has 0 aliphatic carbocycles. The Labute approximate surface area is 276 Å². The molecule has 2 aromatic rings. The Kier molecular flexibility index (Phi) is 14.5. The summed E-state index contributed by atoms with van der Waals surface area (Å²) in [5.41, 5.74) is 1.88. The van der Waals surface area contributed by atoms with E-state index < -0.39 is 11.9 Å². The van der Waals surface area contributed by atoms with E-state index in [-0.39, 0.29) is 29.9 Å². The van der Waals surface area contributed by atoms with E-state index in [4.69, 9.17) is 29.3 Å². The van der Waals surface area contributed by atoms with E-state index in [1.807, 2.05) is 34.1 Å². The van der Waals surface area contributed by atoms with Crippen molar-refractivity contribution in [3.63, 3.8) is 0 Å². The molecule has 12 heteroatoms. The number of likely N-dealkylation sites (tertiary alicyclic amines) is 1. The predicted molar refractivity (Wildman–Crippen MR) is 173 cm³/mol. The molecule has 2 aliphatic heterocycles. The summed E-state index contributed by atoms with van der Waals surface area (Å²) in [4.78, 5) is 50.3. The molecule has 2 fully saturated rings. The van der Waals surface area contributed by atoms with E-state index >= 15 is 0 Å². The maximum atomic E-state index is 13.7. The number of nitrogens with zero attached hydrogens (tertiary/aromatic N) is 3. The van der Waals surface area contributed by atoms with Gasteiger partial charge in [0.2, 0.25) is 5.91 Å². The molecular formula is C35H48FN3O8. The number of carbonyl (C=O) groups excluding carboxylic acids is 2.